The quantitative estimate of drug-likeness (QED) is 0.843. The van der Waals surface area contributed by atoms with E-state index in [-0.39, 0.29) is 23.9 Å². The Bertz CT molecular complexity index is 435. The molecule has 1 amide bonds. The summed E-state index contributed by atoms with van der Waals surface area (Å²) in [6.45, 7) is 3.67. The topological polar surface area (TPSA) is 52.9 Å². The first-order chi connectivity index (χ1) is 7.52. The highest BCUT2D eigenvalue weighted by Crippen LogP contribution is 2.10. The molecule has 0 saturated heterocycles. The third-order valence-electron chi connectivity index (χ3n) is 1.98. The molecule has 0 aliphatic carbocycles. The van der Waals surface area contributed by atoms with Crippen LogP contribution < -0.4 is 5.32 Å². The predicted molar refractivity (Wildman–Crippen MR) is 58.1 cm³/mol. The monoisotopic (exact) mass is 220 g/mol. The van der Waals surface area contributed by atoms with Gasteiger partial charge in [-0.15, -0.1) is 0 Å². The summed E-state index contributed by atoms with van der Waals surface area (Å²) in [6.07, 6.45) is -0.0421. The van der Waals surface area contributed by atoms with Gasteiger partial charge in [0, 0.05) is 6.04 Å². The van der Waals surface area contributed by atoms with E-state index in [4.69, 9.17) is 5.26 Å². The van der Waals surface area contributed by atoms with Crippen LogP contribution in [-0.4, -0.2) is 11.9 Å². The highest BCUT2D eigenvalue weighted by molar-refractivity contribution is 5.78. The number of amides is 1. The molecule has 1 aromatic rings. The molecule has 4 heteroatoms. The fraction of sp³-hybridized carbons (Fsp3) is 0.333. The lowest BCUT2D eigenvalue weighted by atomic mass is 10.1. The van der Waals surface area contributed by atoms with Gasteiger partial charge >= 0.3 is 0 Å². The molecule has 1 N–H and O–H groups in total. The van der Waals surface area contributed by atoms with Gasteiger partial charge in [0.05, 0.1) is 18.1 Å². The first-order valence-electron chi connectivity index (χ1n) is 5.01. The summed E-state index contributed by atoms with van der Waals surface area (Å²) in [7, 11) is 0. The van der Waals surface area contributed by atoms with Crippen molar-refractivity contribution in [1.29, 1.82) is 5.26 Å². The average molecular weight is 220 g/mol. The molecular weight excluding hydrogens is 207 g/mol. The van der Waals surface area contributed by atoms with Crippen LogP contribution in [0, 0.1) is 17.1 Å². The molecule has 0 unspecified atom stereocenters. The number of hydrogen-bond donors (Lipinski definition) is 1. The van der Waals surface area contributed by atoms with Crippen molar-refractivity contribution < 1.29 is 9.18 Å². The van der Waals surface area contributed by atoms with Crippen LogP contribution in [0.1, 0.15) is 25.0 Å². The largest absolute Gasteiger partial charge is 0.354 e. The number of hydrogen-bond acceptors (Lipinski definition) is 2. The number of rotatable bonds is 3. The molecule has 0 bridgehead atoms. The van der Waals surface area contributed by atoms with Crippen molar-refractivity contribution in [3.8, 4) is 6.07 Å². The van der Waals surface area contributed by atoms with Gasteiger partial charge in [0.25, 0.3) is 0 Å². The molecular formula is C12H13FN2O. The normalized spacial score (nSPS) is 9.94. The van der Waals surface area contributed by atoms with E-state index in [2.05, 4.69) is 5.32 Å². The van der Waals surface area contributed by atoms with Crippen LogP contribution >= 0.6 is 0 Å². The summed E-state index contributed by atoms with van der Waals surface area (Å²) in [6, 6.07) is 5.92. The molecule has 0 atom stereocenters. The van der Waals surface area contributed by atoms with Crippen molar-refractivity contribution in [2.45, 2.75) is 26.3 Å². The van der Waals surface area contributed by atoms with Crippen LogP contribution in [0.25, 0.3) is 0 Å². The van der Waals surface area contributed by atoms with Crippen molar-refractivity contribution in [3.63, 3.8) is 0 Å². The van der Waals surface area contributed by atoms with Crippen LogP contribution in [0.2, 0.25) is 0 Å². The van der Waals surface area contributed by atoms with Crippen molar-refractivity contribution in [3.05, 3.63) is 35.1 Å². The van der Waals surface area contributed by atoms with Crippen molar-refractivity contribution >= 4 is 5.91 Å². The Morgan fingerprint density at radius 3 is 2.81 bits per heavy atom. The summed E-state index contributed by atoms with van der Waals surface area (Å²) in [5, 5.41) is 11.3. The molecule has 0 fully saturated rings. The maximum absolute atomic E-state index is 13.3. The highest BCUT2D eigenvalue weighted by atomic mass is 19.1. The van der Waals surface area contributed by atoms with Crippen LogP contribution in [0.3, 0.4) is 0 Å². The Balaban J connectivity index is 2.81. The molecule has 3 nitrogen and oxygen atoms in total. The lowest BCUT2D eigenvalue weighted by molar-refractivity contribution is -0.120. The molecule has 0 aromatic heterocycles. The Morgan fingerprint density at radius 1 is 1.56 bits per heavy atom. The van der Waals surface area contributed by atoms with E-state index in [9.17, 15) is 9.18 Å². The van der Waals surface area contributed by atoms with Crippen LogP contribution in [0.4, 0.5) is 4.39 Å². The number of nitrogens with zero attached hydrogens (tertiary/aromatic N) is 1. The van der Waals surface area contributed by atoms with Gasteiger partial charge in [-0.3, -0.25) is 4.79 Å². The van der Waals surface area contributed by atoms with E-state index in [1.54, 1.807) is 0 Å². The minimum absolute atomic E-state index is 0.0229. The smallest absolute Gasteiger partial charge is 0.224 e. The second kappa shape index (κ2) is 5.26. The average Bonchev–Trinajstić information content (AvgIpc) is 2.20. The number of nitrogens with one attached hydrogen (secondary N) is 1. The van der Waals surface area contributed by atoms with Gasteiger partial charge in [-0.05, 0) is 37.6 Å². The molecule has 0 saturated carbocycles. The third-order valence-corrected chi connectivity index (χ3v) is 1.98. The molecule has 0 radical (unpaired) electrons. The Labute approximate surface area is 93.9 Å². The molecule has 1 rings (SSSR count). The number of carbonyl (C=O) groups is 1. The number of benzene rings is 1. The number of carbonyl (C=O) groups excluding carboxylic acids is 1. The minimum atomic E-state index is -0.460. The van der Waals surface area contributed by atoms with Gasteiger partial charge in [0.2, 0.25) is 5.91 Å². The molecule has 0 spiro atoms. The Morgan fingerprint density at radius 2 is 2.25 bits per heavy atom. The Hall–Kier alpha value is -1.89. The van der Waals surface area contributed by atoms with Gasteiger partial charge in [0.1, 0.15) is 5.82 Å². The lowest BCUT2D eigenvalue weighted by Crippen LogP contribution is -2.31. The fourth-order valence-electron chi connectivity index (χ4n) is 1.33. The Kier molecular flexibility index (Phi) is 4.01. The zero-order chi connectivity index (χ0) is 12.1. The zero-order valence-electron chi connectivity index (χ0n) is 9.25. The van der Waals surface area contributed by atoms with E-state index in [0.29, 0.717) is 5.56 Å². The van der Waals surface area contributed by atoms with Crippen molar-refractivity contribution in [2.24, 2.45) is 0 Å². The van der Waals surface area contributed by atoms with E-state index in [1.165, 1.54) is 18.2 Å². The van der Waals surface area contributed by atoms with Gasteiger partial charge in [-0.2, -0.15) is 5.26 Å². The second-order valence-electron chi connectivity index (χ2n) is 3.82. The molecule has 0 aliphatic heterocycles. The molecule has 16 heavy (non-hydrogen) atoms. The van der Waals surface area contributed by atoms with Crippen LogP contribution in [0.5, 0.6) is 0 Å². The molecule has 0 heterocycles. The molecule has 1 aromatic carbocycles. The van der Waals surface area contributed by atoms with Crippen LogP contribution in [-0.2, 0) is 11.2 Å². The van der Waals surface area contributed by atoms with Gasteiger partial charge in [-0.25, -0.2) is 4.39 Å². The van der Waals surface area contributed by atoms with Gasteiger partial charge in [-0.1, -0.05) is 0 Å². The van der Waals surface area contributed by atoms with Gasteiger partial charge in [0.15, 0.2) is 0 Å². The second-order valence-corrected chi connectivity index (χ2v) is 3.82. The summed E-state index contributed by atoms with van der Waals surface area (Å²) in [5.41, 5.74) is 0.603. The lowest BCUT2D eigenvalue weighted by Gasteiger charge is -2.08. The zero-order valence-corrected chi connectivity index (χ0v) is 9.25. The van der Waals surface area contributed by atoms with Crippen molar-refractivity contribution in [1.82, 2.24) is 5.32 Å². The van der Waals surface area contributed by atoms with Crippen molar-refractivity contribution in [2.75, 3.05) is 0 Å². The fourth-order valence-corrected chi connectivity index (χ4v) is 1.33. The third kappa shape index (κ3) is 3.35. The highest BCUT2D eigenvalue weighted by Gasteiger charge is 2.09. The maximum Gasteiger partial charge on any atom is 0.224 e. The minimum Gasteiger partial charge on any atom is -0.354 e. The summed E-state index contributed by atoms with van der Waals surface area (Å²) >= 11 is 0. The summed E-state index contributed by atoms with van der Waals surface area (Å²) < 4.78 is 13.3. The standard InChI is InChI=1S/C12H13FN2O/c1-8(2)15-12(16)6-10-5-9(7-14)3-4-11(10)13/h3-5,8H,6H2,1-2H3,(H,15,16). The number of nitriles is 1. The van der Waals surface area contributed by atoms with Crippen LogP contribution in [0.15, 0.2) is 18.2 Å². The summed E-state index contributed by atoms with van der Waals surface area (Å²) in [5.74, 6) is -0.707. The summed E-state index contributed by atoms with van der Waals surface area (Å²) in [4.78, 5) is 11.4. The number of halogens is 1. The van der Waals surface area contributed by atoms with E-state index in [0.717, 1.165) is 0 Å². The SMILES string of the molecule is CC(C)NC(=O)Cc1cc(C#N)ccc1F. The molecule has 84 valence electrons. The van der Waals surface area contributed by atoms with E-state index in [1.807, 2.05) is 19.9 Å². The van der Waals surface area contributed by atoms with Gasteiger partial charge < -0.3 is 5.32 Å². The van der Waals surface area contributed by atoms with E-state index >= 15 is 0 Å². The van der Waals surface area contributed by atoms with E-state index < -0.39 is 5.82 Å². The molecule has 0 aliphatic rings. The predicted octanol–water partition coefficient (Wildman–Crippen LogP) is 1.76. The first-order valence-corrected chi connectivity index (χ1v) is 5.01. The maximum atomic E-state index is 13.3. The first kappa shape index (κ1) is 12.2.